The van der Waals surface area contributed by atoms with Crippen LogP contribution in [0.1, 0.15) is 13.8 Å². The van der Waals surface area contributed by atoms with Gasteiger partial charge in [0.25, 0.3) is 0 Å². The van der Waals surface area contributed by atoms with E-state index >= 15 is 0 Å². The van der Waals surface area contributed by atoms with E-state index in [2.05, 4.69) is 4.99 Å². The summed E-state index contributed by atoms with van der Waals surface area (Å²) in [4.78, 5) is 14.7. The number of carbonyl (C=O) groups is 1. The van der Waals surface area contributed by atoms with Crippen LogP contribution in [-0.4, -0.2) is 18.0 Å². The van der Waals surface area contributed by atoms with Crippen molar-refractivity contribution in [2.75, 3.05) is 0 Å². The first kappa shape index (κ1) is 7.92. The maximum atomic E-state index is 10.4. The fourth-order valence-electron chi connectivity index (χ4n) is 1.01. The summed E-state index contributed by atoms with van der Waals surface area (Å²) in [5.74, 6) is 0. The number of aliphatic imine (C=N–C) groups is 1. The Morgan fingerprint density at radius 1 is 1.64 bits per heavy atom. The third-order valence-corrected chi connectivity index (χ3v) is 1.49. The maximum absolute atomic E-state index is 10.4. The lowest BCUT2D eigenvalue weighted by atomic mass is 10.2. The highest BCUT2D eigenvalue weighted by molar-refractivity contribution is 5.99. The second-order valence-electron chi connectivity index (χ2n) is 2.63. The molecular weight excluding hydrogens is 138 g/mol. The van der Waals surface area contributed by atoms with Gasteiger partial charge in [0.1, 0.15) is 6.29 Å². The molecule has 1 aliphatic heterocycles. The molecule has 0 spiro atoms. The van der Waals surface area contributed by atoms with Crippen molar-refractivity contribution >= 4 is 12.0 Å². The second-order valence-corrected chi connectivity index (χ2v) is 2.63. The minimum absolute atomic E-state index is 0.184. The van der Waals surface area contributed by atoms with Crippen LogP contribution in [-0.2, 0) is 4.79 Å². The van der Waals surface area contributed by atoms with Crippen molar-refractivity contribution in [1.29, 1.82) is 0 Å². The summed E-state index contributed by atoms with van der Waals surface area (Å²) in [7, 11) is 0. The molecule has 0 saturated carbocycles. The van der Waals surface area contributed by atoms with Gasteiger partial charge in [0, 0.05) is 11.3 Å². The highest BCUT2D eigenvalue weighted by Crippen LogP contribution is 2.04. The molecule has 58 valence electrons. The Morgan fingerprint density at radius 2 is 2.36 bits per heavy atom. The minimum Gasteiger partial charge on any atom is -0.298 e. The van der Waals surface area contributed by atoms with E-state index in [1.54, 1.807) is 12.2 Å². The van der Waals surface area contributed by atoms with Gasteiger partial charge in [0.15, 0.2) is 0 Å². The fourth-order valence-corrected chi connectivity index (χ4v) is 1.01. The summed E-state index contributed by atoms with van der Waals surface area (Å²) in [6.07, 6.45) is 6.34. The van der Waals surface area contributed by atoms with Crippen LogP contribution >= 0.6 is 0 Å². The number of carbonyl (C=O) groups excluding carboxylic acids is 1. The van der Waals surface area contributed by atoms with Crippen molar-refractivity contribution < 1.29 is 4.79 Å². The minimum atomic E-state index is 0.184. The van der Waals surface area contributed by atoms with Crippen molar-refractivity contribution in [1.82, 2.24) is 0 Å². The van der Waals surface area contributed by atoms with E-state index in [9.17, 15) is 4.79 Å². The van der Waals surface area contributed by atoms with Crippen LogP contribution in [0.3, 0.4) is 0 Å². The molecule has 2 nitrogen and oxygen atoms in total. The van der Waals surface area contributed by atoms with Crippen molar-refractivity contribution in [2.24, 2.45) is 4.99 Å². The SMILES string of the molecule is CC1=NC(C)C=CC(C=O)=C1. The van der Waals surface area contributed by atoms with Gasteiger partial charge < -0.3 is 0 Å². The Labute approximate surface area is 66.3 Å². The molecule has 1 rings (SSSR count). The molecule has 0 aromatic rings. The lowest BCUT2D eigenvalue weighted by Gasteiger charge is -1.95. The quantitative estimate of drug-likeness (QED) is 0.520. The van der Waals surface area contributed by atoms with Gasteiger partial charge in [-0.05, 0) is 19.9 Å². The van der Waals surface area contributed by atoms with E-state index < -0.39 is 0 Å². The van der Waals surface area contributed by atoms with Gasteiger partial charge in [-0.25, -0.2) is 0 Å². The normalized spacial score (nSPS) is 23.6. The summed E-state index contributed by atoms with van der Waals surface area (Å²) in [6.45, 7) is 3.88. The summed E-state index contributed by atoms with van der Waals surface area (Å²) in [6, 6.07) is 0.184. The number of aldehydes is 1. The topological polar surface area (TPSA) is 29.4 Å². The number of hydrogen-bond donors (Lipinski definition) is 0. The van der Waals surface area contributed by atoms with Crippen LogP contribution in [0.5, 0.6) is 0 Å². The number of rotatable bonds is 1. The highest BCUT2D eigenvalue weighted by atomic mass is 16.1. The van der Waals surface area contributed by atoms with Crippen LogP contribution in [0, 0.1) is 0 Å². The zero-order valence-corrected chi connectivity index (χ0v) is 6.74. The van der Waals surface area contributed by atoms with Gasteiger partial charge in [-0.3, -0.25) is 9.79 Å². The number of allylic oxidation sites excluding steroid dienone is 3. The lowest BCUT2D eigenvalue weighted by molar-refractivity contribution is -0.104. The van der Waals surface area contributed by atoms with Crippen molar-refractivity contribution in [3.8, 4) is 0 Å². The van der Waals surface area contributed by atoms with Crippen molar-refractivity contribution in [3.05, 3.63) is 23.8 Å². The van der Waals surface area contributed by atoms with E-state index in [0.29, 0.717) is 5.57 Å². The smallest absolute Gasteiger partial charge is 0.150 e. The predicted molar refractivity (Wildman–Crippen MR) is 45.9 cm³/mol. The molecule has 2 heteroatoms. The van der Waals surface area contributed by atoms with E-state index in [4.69, 9.17) is 0 Å². The molecular formula is C9H11NO. The summed E-state index contributed by atoms with van der Waals surface area (Å²) in [5.41, 5.74) is 1.60. The van der Waals surface area contributed by atoms with Crippen LogP contribution in [0.15, 0.2) is 28.8 Å². The molecule has 0 fully saturated rings. The molecule has 0 aromatic heterocycles. The van der Waals surface area contributed by atoms with Gasteiger partial charge in [0.05, 0.1) is 6.04 Å². The Kier molecular flexibility index (Phi) is 2.36. The standard InChI is InChI=1S/C9H11NO/c1-7-3-4-9(6-11)5-8(2)10-7/h3-7H,1-2H3. The Bertz CT molecular complexity index is 248. The van der Waals surface area contributed by atoms with Gasteiger partial charge in [0.2, 0.25) is 0 Å². The molecule has 1 unspecified atom stereocenters. The second kappa shape index (κ2) is 3.28. The monoisotopic (exact) mass is 149 g/mol. The van der Waals surface area contributed by atoms with Crippen LogP contribution in [0.2, 0.25) is 0 Å². The summed E-state index contributed by atoms with van der Waals surface area (Å²) >= 11 is 0. The van der Waals surface area contributed by atoms with E-state index in [-0.39, 0.29) is 6.04 Å². The molecule has 0 bridgehead atoms. The molecule has 1 heterocycles. The zero-order valence-electron chi connectivity index (χ0n) is 6.74. The van der Waals surface area contributed by atoms with Crippen LogP contribution < -0.4 is 0 Å². The number of hydrogen-bond acceptors (Lipinski definition) is 2. The zero-order chi connectivity index (χ0) is 8.27. The molecule has 0 aliphatic carbocycles. The van der Waals surface area contributed by atoms with E-state index in [1.165, 1.54) is 0 Å². The van der Waals surface area contributed by atoms with Crippen molar-refractivity contribution in [3.63, 3.8) is 0 Å². The maximum Gasteiger partial charge on any atom is 0.150 e. The molecule has 0 radical (unpaired) electrons. The highest BCUT2D eigenvalue weighted by Gasteiger charge is 1.99. The van der Waals surface area contributed by atoms with Crippen LogP contribution in [0.4, 0.5) is 0 Å². The lowest BCUT2D eigenvalue weighted by Crippen LogP contribution is -1.94. The van der Waals surface area contributed by atoms with Crippen molar-refractivity contribution in [2.45, 2.75) is 19.9 Å². The van der Waals surface area contributed by atoms with E-state index in [1.807, 2.05) is 19.9 Å². The van der Waals surface area contributed by atoms with Gasteiger partial charge in [-0.15, -0.1) is 0 Å². The molecule has 1 atom stereocenters. The first-order valence-corrected chi connectivity index (χ1v) is 3.62. The summed E-state index contributed by atoms with van der Waals surface area (Å²) < 4.78 is 0. The van der Waals surface area contributed by atoms with E-state index in [0.717, 1.165) is 12.0 Å². The third-order valence-electron chi connectivity index (χ3n) is 1.49. The molecule has 0 aromatic carbocycles. The Morgan fingerprint density at radius 3 is 3.00 bits per heavy atom. The average Bonchev–Trinajstić information content (AvgIpc) is 2.11. The van der Waals surface area contributed by atoms with Crippen LogP contribution in [0.25, 0.3) is 0 Å². The molecule has 0 amide bonds. The molecule has 11 heavy (non-hydrogen) atoms. The Balaban J connectivity index is 2.94. The predicted octanol–water partition coefficient (Wildman–Crippen LogP) is 1.53. The first-order valence-electron chi connectivity index (χ1n) is 3.62. The molecule has 1 aliphatic rings. The molecule has 0 N–H and O–H groups in total. The fraction of sp³-hybridized carbons (Fsp3) is 0.333. The Hall–Kier alpha value is -1.18. The van der Waals surface area contributed by atoms with Gasteiger partial charge in [-0.2, -0.15) is 0 Å². The third kappa shape index (κ3) is 2.15. The first-order chi connectivity index (χ1) is 5.22. The van der Waals surface area contributed by atoms with Gasteiger partial charge >= 0.3 is 0 Å². The molecule has 0 saturated heterocycles. The van der Waals surface area contributed by atoms with Gasteiger partial charge in [-0.1, -0.05) is 12.2 Å². The largest absolute Gasteiger partial charge is 0.298 e. The number of nitrogens with zero attached hydrogens (tertiary/aromatic N) is 1. The average molecular weight is 149 g/mol. The summed E-state index contributed by atoms with van der Waals surface area (Å²) in [5, 5.41) is 0.